The highest BCUT2D eigenvalue weighted by atomic mass is 35.5. The van der Waals surface area contributed by atoms with Crippen LogP contribution in [-0.4, -0.2) is 0 Å². The maximum absolute atomic E-state index is 6.25. The lowest BCUT2D eigenvalue weighted by molar-refractivity contribution is 0.306. The molecular formula is C23H22ClO. The van der Waals surface area contributed by atoms with Crippen LogP contribution in [0.2, 0.25) is 5.02 Å². The lowest BCUT2D eigenvalue weighted by Crippen LogP contribution is -1.98. The lowest BCUT2D eigenvalue weighted by atomic mass is 9.94. The van der Waals surface area contributed by atoms with Crippen LogP contribution < -0.4 is 4.74 Å². The molecule has 0 amide bonds. The van der Waals surface area contributed by atoms with Crippen molar-refractivity contribution in [3.8, 4) is 5.75 Å². The Morgan fingerprint density at radius 3 is 2.20 bits per heavy atom. The van der Waals surface area contributed by atoms with Crippen molar-refractivity contribution >= 4 is 11.6 Å². The van der Waals surface area contributed by atoms with Gasteiger partial charge in [-0.1, -0.05) is 72.3 Å². The molecule has 1 radical (unpaired) electrons. The minimum absolute atomic E-state index is 0.197. The molecule has 0 bridgehead atoms. The molecule has 3 rings (SSSR count). The highest BCUT2D eigenvalue weighted by Crippen LogP contribution is 2.27. The van der Waals surface area contributed by atoms with E-state index in [1.165, 1.54) is 11.1 Å². The van der Waals surface area contributed by atoms with Crippen molar-refractivity contribution in [3.05, 3.63) is 107 Å². The number of halogens is 1. The van der Waals surface area contributed by atoms with Gasteiger partial charge in [-0.15, -0.1) is 0 Å². The van der Waals surface area contributed by atoms with Crippen molar-refractivity contribution < 1.29 is 4.74 Å². The lowest BCUT2D eigenvalue weighted by Gasteiger charge is -2.13. The van der Waals surface area contributed by atoms with Gasteiger partial charge in [0.05, 0.1) is 0 Å². The number of hydrogen-bond acceptors (Lipinski definition) is 1. The Morgan fingerprint density at radius 2 is 1.48 bits per heavy atom. The standard InChI is InChI=1S/C23H22ClO/c1-18(22-9-5-6-10-23(22)24)11-12-19-13-15-21(16-14-19)25-17-20-7-3-2-4-8-20/h2-10,13-16,18H,1,11-12,17H2/t18-/m0/s1. The Balaban J connectivity index is 1.51. The van der Waals surface area contributed by atoms with Crippen LogP contribution in [0.15, 0.2) is 78.9 Å². The summed E-state index contributed by atoms with van der Waals surface area (Å²) in [6.07, 6.45) is 1.94. The molecule has 25 heavy (non-hydrogen) atoms. The first-order chi connectivity index (χ1) is 12.2. The van der Waals surface area contributed by atoms with Gasteiger partial charge in [0.1, 0.15) is 12.4 Å². The van der Waals surface area contributed by atoms with Crippen molar-refractivity contribution in [1.82, 2.24) is 0 Å². The first-order valence-corrected chi connectivity index (χ1v) is 8.93. The summed E-state index contributed by atoms with van der Waals surface area (Å²) >= 11 is 6.25. The number of rotatable bonds is 7. The van der Waals surface area contributed by atoms with Gasteiger partial charge in [-0.25, -0.2) is 0 Å². The molecule has 1 nitrogen and oxygen atoms in total. The van der Waals surface area contributed by atoms with Crippen LogP contribution in [0, 0.1) is 6.92 Å². The zero-order valence-electron chi connectivity index (χ0n) is 14.2. The molecule has 0 aliphatic rings. The van der Waals surface area contributed by atoms with Crippen LogP contribution >= 0.6 is 11.6 Å². The maximum Gasteiger partial charge on any atom is 0.119 e. The monoisotopic (exact) mass is 349 g/mol. The smallest absolute Gasteiger partial charge is 0.119 e. The Morgan fingerprint density at radius 1 is 0.800 bits per heavy atom. The van der Waals surface area contributed by atoms with Crippen LogP contribution in [0.25, 0.3) is 0 Å². The summed E-state index contributed by atoms with van der Waals surface area (Å²) in [5.74, 6) is 1.09. The van der Waals surface area contributed by atoms with E-state index < -0.39 is 0 Å². The second-order valence-electron chi connectivity index (χ2n) is 6.18. The molecule has 0 aliphatic heterocycles. The molecule has 0 aliphatic carbocycles. The van der Waals surface area contributed by atoms with E-state index in [1.54, 1.807) is 0 Å². The molecule has 0 saturated carbocycles. The normalized spacial score (nSPS) is 11.9. The SMILES string of the molecule is [CH2][C@@H](CCc1ccc(OCc2ccccc2)cc1)c1ccccc1Cl. The third-order valence-electron chi connectivity index (χ3n) is 4.30. The van der Waals surface area contributed by atoms with Gasteiger partial charge >= 0.3 is 0 Å². The molecule has 3 aromatic rings. The summed E-state index contributed by atoms with van der Waals surface area (Å²) in [7, 11) is 0. The first-order valence-electron chi connectivity index (χ1n) is 8.55. The molecule has 0 aromatic heterocycles. The summed E-state index contributed by atoms with van der Waals surface area (Å²) in [5, 5.41) is 0.798. The number of benzene rings is 3. The molecule has 0 saturated heterocycles. The van der Waals surface area contributed by atoms with Crippen LogP contribution in [-0.2, 0) is 13.0 Å². The van der Waals surface area contributed by atoms with Gasteiger partial charge in [-0.3, -0.25) is 0 Å². The van der Waals surface area contributed by atoms with Crippen molar-refractivity contribution in [2.75, 3.05) is 0 Å². The van der Waals surface area contributed by atoms with Gasteiger partial charge in [-0.05, 0) is 60.6 Å². The zero-order valence-corrected chi connectivity index (χ0v) is 15.0. The fourth-order valence-electron chi connectivity index (χ4n) is 2.80. The predicted octanol–water partition coefficient (Wildman–Crippen LogP) is 6.47. The summed E-state index contributed by atoms with van der Waals surface area (Å²) in [6.45, 7) is 4.85. The molecule has 127 valence electrons. The largest absolute Gasteiger partial charge is 0.489 e. The molecule has 1 atom stereocenters. The minimum atomic E-state index is 0.197. The van der Waals surface area contributed by atoms with Gasteiger partial charge in [0.2, 0.25) is 0 Å². The van der Waals surface area contributed by atoms with Crippen LogP contribution in [0.1, 0.15) is 29.0 Å². The van der Waals surface area contributed by atoms with Gasteiger partial charge in [0.25, 0.3) is 0 Å². The van der Waals surface area contributed by atoms with Crippen molar-refractivity contribution in [2.45, 2.75) is 25.4 Å². The summed E-state index contributed by atoms with van der Waals surface area (Å²) in [5.41, 5.74) is 3.57. The van der Waals surface area contributed by atoms with E-state index in [9.17, 15) is 0 Å². The third kappa shape index (κ3) is 5.11. The fraction of sp³-hybridized carbons (Fsp3) is 0.174. The summed E-state index contributed by atoms with van der Waals surface area (Å²) in [4.78, 5) is 0. The number of aryl methyl sites for hydroxylation is 1. The second kappa shape index (κ2) is 8.73. The van der Waals surface area contributed by atoms with Crippen molar-refractivity contribution in [3.63, 3.8) is 0 Å². The van der Waals surface area contributed by atoms with Crippen molar-refractivity contribution in [1.29, 1.82) is 0 Å². The molecule has 0 N–H and O–H groups in total. The van der Waals surface area contributed by atoms with Crippen LogP contribution in [0.5, 0.6) is 5.75 Å². The van der Waals surface area contributed by atoms with Gasteiger partial charge < -0.3 is 4.74 Å². The third-order valence-corrected chi connectivity index (χ3v) is 4.64. The molecular weight excluding hydrogens is 328 g/mol. The van der Waals surface area contributed by atoms with E-state index in [4.69, 9.17) is 16.3 Å². The average molecular weight is 350 g/mol. The predicted molar refractivity (Wildman–Crippen MR) is 105 cm³/mol. The first kappa shape index (κ1) is 17.6. The summed E-state index contributed by atoms with van der Waals surface area (Å²) < 4.78 is 5.83. The van der Waals surface area contributed by atoms with E-state index in [1.807, 2.05) is 48.5 Å². The molecule has 2 heteroatoms. The van der Waals surface area contributed by atoms with E-state index in [-0.39, 0.29) is 5.92 Å². The minimum Gasteiger partial charge on any atom is -0.489 e. The molecule has 0 unspecified atom stereocenters. The molecule has 3 aromatic carbocycles. The number of ether oxygens (including phenoxy) is 1. The Labute approximate surface area is 155 Å². The second-order valence-corrected chi connectivity index (χ2v) is 6.58. The number of hydrogen-bond donors (Lipinski definition) is 0. The Kier molecular flexibility index (Phi) is 6.14. The molecule has 0 heterocycles. The summed E-state index contributed by atoms with van der Waals surface area (Å²) in [6, 6.07) is 26.5. The molecule has 0 fully saturated rings. The van der Waals surface area contributed by atoms with Gasteiger partial charge in [-0.2, -0.15) is 0 Å². The Hall–Kier alpha value is -2.25. The highest BCUT2D eigenvalue weighted by molar-refractivity contribution is 6.31. The Bertz CT molecular complexity index is 781. The van der Waals surface area contributed by atoms with E-state index in [2.05, 4.69) is 37.3 Å². The average Bonchev–Trinajstić information content (AvgIpc) is 2.66. The van der Waals surface area contributed by atoms with Gasteiger partial charge in [0.15, 0.2) is 0 Å². The topological polar surface area (TPSA) is 9.23 Å². The van der Waals surface area contributed by atoms with Crippen LogP contribution in [0.3, 0.4) is 0 Å². The quantitative estimate of drug-likeness (QED) is 0.475. The molecule has 0 spiro atoms. The van der Waals surface area contributed by atoms with E-state index in [0.29, 0.717) is 6.61 Å². The fourth-order valence-corrected chi connectivity index (χ4v) is 3.09. The van der Waals surface area contributed by atoms with E-state index >= 15 is 0 Å². The van der Waals surface area contributed by atoms with Crippen LogP contribution in [0.4, 0.5) is 0 Å². The zero-order chi connectivity index (χ0) is 17.5. The van der Waals surface area contributed by atoms with E-state index in [0.717, 1.165) is 29.2 Å². The maximum atomic E-state index is 6.25. The highest BCUT2D eigenvalue weighted by Gasteiger charge is 2.09. The van der Waals surface area contributed by atoms with Crippen molar-refractivity contribution in [2.24, 2.45) is 0 Å². The van der Waals surface area contributed by atoms with Gasteiger partial charge in [0, 0.05) is 5.02 Å².